The Morgan fingerprint density at radius 2 is 2.09 bits per heavy atom. The number of nitrogens with zero attached hydrogens (tertiary/aromatic N) is 2. The van der Waals surface area contributed by atoms with Gasteiger partial charge in [0.2, 0.25) is 0 Å². The van der Waals surface area contributed by atoms with Crippen LogP contribution in [0.5, 0.6) is 0 Å². The van der Waals surface area contributed by atoms with E-state index in [0.717, 1.165) is 36.3 Å². The number of furan rings is 1. The molecule has 116 valence electrons. The van der Waals surface area contributed by atoms with E-state index in [1.54, 1.807) is 12.3 Å². The number of nitrogens with one attached hydrogen (secondary N) is 1. The molecule has 5 nitrogen and oxygen atoms in total. The van der Waals surface area contributed by atoms with Crippen LogP contribution in [0.3, 0.4) is 0 Å². The maximum atomic E-state index is 12.4. The van der Waals surface area contributed by atoms with E-state index in [2.05, 4.69) is 15.2 Å². The van der Waals surface area contributed by atoms with Gasteiger partial charge in [-0.2, -0.15) is 0 Å². The molecule has 0 radical (unpaired) electrons. The predicted octanol–water partition coefficient (Wildman–Crippen LogP) is 2.84. The summed E-state index contributed by atoms with van der Waals surface area (Å²) in [6.07, 6.45) is 2.69. The molecule has 0 saturated carbocycles. The van der Waals surface area contributed by atoms with E-state index in [0.29, 0.717) is 5.76 Å². The molecule has 1 atom stereocenters. The van der Waals surface area contributed by atoms with Gasteiger partial charge in [-0.25, -0.2) is 4.98 Å². The number of hydrogen-bond donors (Lipinski definition) is 1. The van der Waals surface area contributed by atoms with Gasteiger partial charge < -0.3 is 14.6 Å². The second-order valence-corrected chi connectivity index (χ2v) is 5.74. The largest absolute Gasteiger partial charge is 0.451 e. The van der Waals surface area contributed by atoms with Crippen LogP contribution >= 0.6 is 0 Å². The zero-order valence-corrected chi connectivity index (χ0v) is 12.6. The molecule has 1 fully saturated rings. The third kappa shape index (κ3) is 2.77. The lowest BCUT2D eigenvalue weighted by Crippen LogP contribution is -2.37. The maximum Gasteiger partial charge on any atom is 0.287 e. The van der Waals surface area contributed by atoms with Crippen molar-refractivity contribution in [1.82, 2.24) is 10.3 Å². The second kappa shape index (κ2) is 5.76. The third-order valence-electron chi connectivity index (χ3n) is 4.15. The summed E-state index contributed by atoms with van der Waals surface area (Å²) in [7, 11) is 0. The molecule has 0 aliphatic carbocycles. The van der Waals surface area contributed by atoms with Crippen LogP contribution in [0, 0.1) is 0 Å². The molecular formula is C18H17N3O2. The Kier molecular flexibility index (Phi) is 3.46. The molecule has 0 bridgehead atoms. The topological polar surface area (TPSA) is 58.4 Å². The van der Waals surface area contributed by atoms with Crippen LogP contribution in [-0.4, -0.2) is 30.0 Å². The number of carbonyl (C=O) groups is 1. The first-order chi connectivity index (χ1) is 11.3. The van der Waals surface area contributed by atoms with Gasteiger partial charge in [0.05, 0.1) is 0 Å². The van der Waals surface area contributed by atoms with Gasteiger partial charge >= 0.3 is 0 Å². The lowest BCUT2D eigenvalue weighted by atomic mass is 10.2. The number of aromatic nitrogens is 1. The van der Waals surface area contributed by atoms with E-state index in [9.17, 15) is 4.79 Å². The minimum atomic E-state index is -0.158. The van der Waals surface area contributed by atoms with E-state index in [1.165, 1.54) is 0 Å². The van der Waals surface area contributed by atoms with E-state index >= 15 is 0 Å². The smallest absolute Gasteiger partial charge is 0.287 e. The first-order valence-electron chi connectivity index (χ1n) is 7.75. The van der Waals surface area contributed by atoms with Crippen molar-refractivity contribution in [3.05, 3.63) is 60.5 Å². The average molecular weight is 307 g/mol. The number of carbonyl (C=O) groups excluding carboxylic acids is 1. The van der Waals surface area contributed by atoms with Gasteiger partial charge in [-0.3, -0.25) is 4.79 Å². The SMILES string of the molecule is O=C(NC1CCN(c2ccccn2)C1)c1cc2ccccc2o1. The summed E-state index contributed by atoms with van der Waals surface area (Å²) in [5.41, 5.74) is 0.735. The molecule has 3 heterocycles. The Morgan fingerprint density at radius 3 is 2.91 bits per heavy atom. The van der Waals surface area contributed by atoms with Crippen LogP contribution < -0.4 is 10.2 Å². The Morgan fingerprint density at radius 1 is 1.22 bits per heavy atom. The quantitative estimate of drug-likeness (QED) is 0.808. The van der Waals surface area contributed by atoms with Gasteiger partial charge in [-0.1, -0.05) is 24.3 Å². The van der Waals surface area contributed by atoms with Crippen LogP contribution in [0.1, 0.15) is 17.0 Å². The minimum Gasteiger partial charge on any atom is -0.451 e. The van der Waals surface area contributed by atoms with Gasteiger partial charge in [-0.05, 0) is 30.7 Å². The first-order valence-corrected chi connectivity index (χ1v) is 7.75. The van der Waals surface area contributed by atoms with Crippen molar-refractivity contribution in [2.45, 2.75) is 12.5 Å². The highest BCUT2D eigenvalue weighted by Crippen LogP contribution is 2.20. The fourth-order valence-corrected chi connectivity index (χ4v) is 2.98. The van der Waals surface area contributed by atoms with Crippen LogP contribution in [0.4, 0.5) is 5.82 Å². The lowest BCUT2D eigenvalue weighted by Gasteiger charge is -2.17. The number of fused-ring (bicyclic) bond motifs is 1. The summed E-state index contributed by atoms with van der Waals surface area (Å²) < 4.78 is 5.61. The fraction of sp³-hybridized carbons (Fsp3) is 0.222. The Balaban J connectivity index is 1.43. The molecule has 5 heteroatoms. The van der Waals surface area contributed by atoms with E-state index < -0.39 is 0 Å². The summed E-state index contributed by atoms with van der Waals surface area (Å²) in [5, 5.41) is 4.00. The lowest BCUT2D eigenvalue weighted by molar-refractivity contribution is 0.0914. The molecule has 1 saturated heterocycles. The van der Waals surface area contributed by atoms with Crippen molar-refractivity contribution in [1.29, 1.82) is 0 Å². The van der Waals surface area contributed by atoms with E-state index in [-0.39, 0.29) is 11.9 Å². The molecule has 3 aromatic rings. The molecule has 4 rings (SSSR count). The molecule has 1 unspecified atom stereocenters. The number of anilines is 1. The molecule has 0 spiro atoms. The van der Waals surface area contributed by atoms with Crippen molar-refractivity contribution in [2.24, 2.45) is 0 Å². The zero-order valence-electron chi connectivity index (χ0n) is 12.6. The molecular weight excluding hydrogens is 290 g/mol. The highest BCUT2D eigenvalue weighted by Gasteiger charge is 2.26. The normalized spacial score (nSPS) is 17.6. The van der Waals surface area contributed by atoms with Gasteiger partial charge in [-0.15, -0.1) is 0 Å². The molecule has 1 aliphatic rings. The summed E-state index contributed by atoms with van der Waals surface area (Å²) in [5.74, 6) is 1.16. The first kappa shape index (κ1) is 13.8. The zero-order chi connectivity index (χ0) is 15.6. The Bertz CT molecular complexity index is 795. The number of amides is 1. The van der Waals surface area contributed by atoms with Crippen molar-refractivity contribution in [3.63, 3.8) is 0 Å². The molecule has 1 N–H and O–H groups in total. The third-order valence-corrected chi connectivity index (χ3v) is 4.15. The summed E-state index contributed by atoms with van der Waals surface area (Å²) in [6.45, 7) is 1.66. The molecule has 23 heavy (non-hydrogen) atoms. The number of rotatable bonds is 3. The summed E-state index contributed by atoms with van der Waals surface area (Å²) in [4.78, 5) is 18.9. The van der Waals surface area contributed by atoms with Crippen molar-refractivity contribution >= 4 is 22.7 Å². The Hall–Kier alpha value is -2.82. The minimum absolute atomic E-state index is 0.109. The van der Waals surface area contributed by atoms with E-state index in [4.69, 9.17) is 4.42 Å². The number of para-hydroxylation sites is 1. The maximum absolute atomic E-state index is 12.4. The van der Waals surface area contributed by atoms with Crippen LogP contribution in [-0.2, 0) is 0 Å². The molecule has 1 aromatic carbocycles. The molecule has 1 amide bonds. The van der Waals surface area contributed by atoms with Crippen molar-refractivity contribution < 1.29 is 9.21 Å². The van der Waals surface area contributed by atoms with Gasteiger partial charge in [0.1, 0.15) is 11.4 Å². The number of hydrogen-bond acceptors (Lipinski definition) is 4. The average Bonchev–Trinajstić information content (AvgIpc) is 3.22. The second-order valence-electron chi connectivity index (χ2n) is 5.74. The van der Waals surface area contributed by atoms with Crippen molar-refractivity contribution in [2.75, 3.05) is 18.0 Å². The van der Waals surface area contributed by atoms with Gasteiger partial charge in [0.25, 0.3) is 5.91 Å². The number of pyridine rings is 1. The van der Waals surface area contributed by atoms with Crippen LogP contribution in [0.25, 0.3) is 11.0 Å². The highest BCUT2D eigenvalue weighted by molar-refractivity contribution is 5.96. The number of benzene rings is 1. The molecule has 1 aliphatic heterocycles. The monoisotopic (exact) mass is 307 g/mol. The predicted molar refractivity (Wildman–Crippen MR) is 88.5 cm³/mol. The summed E-state index contributed by atoms with van der Waals surface area (Å²) >= 11 is 0. The Labute approximate surface area is 133 Å². The summed E-state index contributed by atoms with van der Waals surface area (Å²) in [6, 6.07) is 15.4. The van der Waals surface area contributed by atoms with Gasteiger partial charge in [0.15, 0.2) is 5.76 Å². The van der Waals surface area contributed by atoms with Crippen LogP contribution in [0.2, 0.25) is 0 Å². The van der Waals surface area contributed by atoms with E-state index in [1.807, 2.05) is 42.5 Å². The molecule has 2 aromatic heterocycles. The standard InChI is InChI=1S/C18H17N3O2/c22-18(16-11-13-5-1-2-6-15(13)23-16)20-14-8-10-21(12-14)17-7-3-4-9-19-17/h1-7,9,11,14H,8,10,12H2,(H,20,22). The highest BCUT2D eigenvalue weighted by atomic mass is 16.3. The fourth-order valence-electron chi connectivity index (χ4n) is 2.98. The van der Waals surface area contributed by atoms with Crippen molar-refractivity contribution in [3.8, 4) is 0 Å². The van der Waals surface area contributed by atoms with Crippen LogP contribution in [0.15, 0.2) is 59.1 Å². The van der Waals surface area contributed by atoms with Gasteiger partial charge in [0, 0.05) is 30.7 Å².